The Labute approximate surface area is 580 Å². The summed E-state index contributed by atoms with van der Waals surface area (Å²) in [5, 5.41) is 112. The molecule has 41 heteroatoms. The second-order valence-electron chi connectivity index (χ2n) is 24.4. The number of thiazole rings is 2. The summed E-state index contributed by atoms with van der Waals surface area (Å²) in [5.74, 6) is -8.68. The van der Waals surface area contributed by atoms with Gasteiger partial charge in [-0.2, -0.15) is 0 Å². The highest BCUT2D eigenvalue weighted by molar-refractivity contribution is 7.14. The van der Waals surface area contributed by atoms with Gasteiger partial charge in [0.15, 0.2) is 18.7 Å². The lowest BCUT2D eigenvalue weighted by molar-refractivity contribution is -0.372. The third-order valence-electron chi connectivity index (χ3n) is 16.9. The number of aromatic amines is 1. The molecule has 3 fully saturated rings. The number of aliphatic hydroxyl groups excluding tert-OH is 8. The summed E-state index contributed by atoms with van der Waals surface area (Å²) in [5.41, 5.74) is 28.1. The molecule has 2 saturated heterocycles. The van der Waals surface area contributed by atoms with Crippen molar-refractivity contribution in [3.05, 3.63) is 56.8 Å². The van der Waals surface area contributed by atoms with Gasteiger partial charge in [-0.15, -0.1) is 22.7 Å². The monoisotopic (exact) mass is 1450 g/mol. The number of nitrogens with two attached hydrogens (primary N) is 5. The molecule has 39 nitrogen and oxygen atoms in total. The summed E-state index contributed by atoms with van der Waals surface area (Å²) >= 11 is 2.53. The summed E-state index contributed by atoms with van der Waals surface area (Å²) in [6.45, 7) is 3.95. The molecule has 0 spiro atoms. The van der Waals surface area contributed by atoms with Crippen LogP contribution in [0.4, 0.5) is 10.6 Å². The number of imidazole rings is 1. The first-order chi connectivity index (χ1) is 47.5. The molecule has 3 aliphatic rings. The molecule has 1 aliphatic carbocycles. The van der Waals surface area contributed by atoms with Crippen molar-refractivity contribution in [1.29, 1.82) is 0 Å². The minimum absolute atomic E-state index is 0.00632. The second kappa shape index (κ2) is 37.3. The Morgan fingerprint density at radius 1 is 0.760 bits per heavy atom. The predicted octanol–water partition coefficient (Wildman–Crippen LogP) is -6.66. The van der Waals surface area contributed by atoms with E-state index in [4.69, 9.17) is 52.4 Å². The van der Waals surface area contributed by atoms with Crippen LogP contribution in [0.5, 0.6) is 0 Å². The van der Waals surface area contributed by atoms with Crippen LogP contribution in [-0.2, 0) is 54.1 Å². The highest BCUT2D eigenvalue weighted by atomic mass is 32.1. The van der Waals surface area contributed by atoms with Crippen molar-refractivity contribution in [2.24, 2.45) is 28.9 Å². The number of nitrogens with one attached hydrogen (secondary N) is 8. The Morgan fingerprint density at radius 2 is 1.46 bits per heavy atom. The topological polar surface area (TPSA) is 639 Å². The fraction of sp³-hybridized carbons (Fsp3) is 0.644. The molecule has 0 unspecified atom stereocenters. The Balaban J connectivity index is 1.09. The number of rotatable bonds is 36. The molecule has 6 heterocycles. The zero-order valence-electron chi connectivity index (χ0n) is 55.1. The molecule has 0 radical (unpaired) electrons. The summed E-state index contributed by atoms with van der Waals surface area (Å²) in [6, 6.07) is -7.33. The van der Waals surface area contributed by atoms with Crippen molar-refractivity contribution < 1.29 is 103 Å². The minimum Gasteiger partial charge on any atom is -0.441 e. The Morgan fingerprint density at radius 3 is 2.11 bits per heavy atom. The van der Waals surface area contributed by atoms with Crippen LogP contribution in [0, 0.1) is 12.8 Å². The lowest BCUT2D eigenvalue weighted by Crippen LogP contribution is -2.65. The number of carbonyl (C=O) groups excluding carboxylic acids is 8. The van der Waals surface area contributed by atoms with Gasteiger partial charge in [0.2, 0.25) is 29.5 Å². The maximum absolute atomic E-state index is 15.2. The summed E-state index contributed by atoms with van der Waals surface area (Å²) in [7, 11) is 0. The number of ether oxygens (including phenoxy) is 5. The molecule has 100 heavy (non-hydrogen) atoms. The Bertz CT molecular complexity index is 3390. The molecular weight excluding hydrogens is 1360 g/mol. The quantitative estimate of drug-likeness (QED) is 0.0188. The zero-order valence-corrected chi connectivity index (χ0v) is 56.7. The highest BCUT2D eigenvalue weighted by Crippen LogP contribution is 2.35. The predicted molar refractivity (Wildman–Crippen MR) is 350 cm³/mol. The first kappa shape index (κ1) is 79.6. The largest absolute Gasteiger partial charge is 0.441 e. The van der Waals surface area contributed by atoms with E-state index in [-0.39, 0.29) is 54.0 Å². The van der Waals surface area contributed by atoms with E-state index in [0.717, 1.165) is 25.5 Å². The molecule has 0 bridgehead atoms. The number of H-pyrrole nitrogens is 1. The van der Waals surface area contributed by atoms with Crippen LogP contribution in [0.3, 0.4) is 0 Å². The molecule has 2 aliphatic heterocycles. The minimum atomic E-state index is -2.20. The lowest BCUT2D eigenvalue weighted by Gasteiger charge is -2.47. The van der Waals surface area contributed by atoms with Crippen molar-refractivity contribution in [2.75, 3.05) is 45.1 Å². The average Bonchev–Trinajstić information content (AvgIpc) is 0.808. The molecule has 26 N–H and O–H groups in total. The van der Waals surface area contributed by atoms with Gasteiger partial charge in [0, 0.05) is 54.8 Å². The Hall–Kier alpha value is -7.69. The van der Waals surface area contributed by atoms with E-state index in [1.54, 1.807) is 10.8 Å². The van der Waals surface area contributed by atoms with Gasteiger partial charge in [0.1, 0.15) is 94.6 Å². The van der Waals surface area contributed by atoms with Gasteiger partial charge in [-0.3, -0.25) is 33.6 Å². The van der Waals surface area contributed by atoms with Crippen LogP contribution < -0.4 is 65.9 Å². The second-order valence-corrected chi connectivity index (χ2v) is 26.2. The normalized spacial score (nSPS) is 24.6. The van der Waals surface area contributed by atoms with Crippen LogP contribution >= 0.6 is 22.7 Å². The van der Waals surface area contributed by atoms with Gasteiger partial charge in [-0.05, 0) is 46.6 Å². The SMILES string of the molecule is Cc1c(N)nc([C@H](CC(N)=O)NC[C@H](N)C(N)=O)nc1C(=O)N[C@H](C(=O)N[C@H](C)[C@@H](O)[C@H](C)C(=O)N[C@H](C(=O)NCCc1nc(-c2nc(C(=O)NCCCNC3CCCCC3)cs2)cs1)[C@@H](C)O)[C@@H](O[C@@H]1O[C@@H](CO)[C@@H](O)[C@H](O)[C@@H]1O[C@H]1O[C@H](CO)[C@@H](O)[C@H](OC(N)=O)[C@@H]1O)c1cnc[nH]1. The third kappa shape index (κ3) is 21.2. The van der Waals surface area contributed by atoms with E-state index in [2.05, 4.69) is 67.1 Å². The van der Waals surface area contributed by atoms with Crippen LogP contribution in [0.15, 0.2) is 23.3 Å². The van der Waals surface area contributed by atoms with E-state index in [1.807, 2.05) is 0 Å². The number of aromatic nitrogens is 6. The van der Waals surface area contributed by atoms with Crippen molar-refractivity contribution in [2.45, 2.75) is 195 Å². The van der Waals surface area contributed by atoms with E-state index in [1.165, 1.54) is 82.5 Å². The van der Waals surface area contributed by atoms with Gasteiger partial charge in [-0.25, -0.2) is 29.7 Å². The smallest absolute Gasteiger partial charge is 0.404 e. The standard InChI is InChI=1S/C59H90N18O21S2/c1-23-37(74-50(77-48(23)62)29(15-35(61)81)69-16-28(60)49(63)87)54(91)76-39(45(30-17-65-22-70-30)96-58-47(43(85)41(83)33(18-78)95-58)97-57-44(86)46(98-59(64)93)42(84)34(19-79)94-57)55(92)71-25(3)40(82)24(2)51(88)75-38(26(4)80)53(90)68-14-11-36-72-32(21-99-36)56-73-31(20-100-56)52(89)67-13-8-12-66-27-9-6-5-7-10-27/h17,20-22,24-29,33-34,38-47,57-58,66,69,78-80,82-86H,5-16,18-19,60H2,1-4H3,(H2,61,81)(H2,63,87)(H2,64,93)(H,65,70)(H,67,89)(H,68,90)(H,71,92)(H,75,88)(H,76,91)(H2,62,74,77)/t24-,25+,26+,28-,29-,33-,34+,38-,39-,40-,41+,42+,43-,44-,45-,46-,47-,57+,58-/m0/s1. The van der Waals surface area contributed by atoms with Gasteiger partial charge in [0.05, 0.1) is 72.7 Å². The number of carbonyl (C=O) groups is 8. The van der Waals surface area contributed by atoms with E-state index in [0.29, 0.717) is 28.3 Å². The maximum atomic E-state index is 15.2. The molecule has 4 aromatic heterocycles. The first-order valence-electron chi connectivity index (χ1n) is 32.2. The van der Waals surface area contributed by atoms with Gasteiger partial charge in [-0.1, -0.05) is 26.2 Å². The van der Waals surface area contributed by atoms with E-state index in [9.17, 15) is 74.4 Å². The van der Waals surface area contributed by atoms with Crippen molar-refractivity contribution >= 4 is 75.9 Å². The van der Waals surface area contributed by atoms with Crippen LogP contribution in [0.25, 0.3) is 10.7 Å². The van der Waals surface area contributed by atoms with Crippen molar-refractivity contribution in [3.8, 4) is 10.7 Å². The van der Waals surface area contributed by atoms with Gasteiger partial charge >= 0.3 is 6.09 Å². The third-order valence-corrected chi connectivity index (χ3v) is 18.7. The van der Waals surface area contributed by atoms with Gasteiger partial charge < -0.3 is 135 Å². The van der Waals surface area contributed by atoms with Crippen LogP contribution in [-0.4, -0.2) is 261 Å². The Kier molecular flexibility index (Phi) is 29.7. The fourth-order valence-corrected chi connectivity index (χ4v) is 12.8. The summed E-state index contributed by atoms with van der Waals surface area (Å²) < 4.78 is 28.8. The molecule has 8 amide bonds. The number of primary amides is 3. The molecule has 4 aromatic rings. The number of aliphatic hydroxyl groups is 8. The van der Waals surface area contributed by atoms with Crippen LogP contribution in [0.2, 0.25) is 0 Å². The van der Waals surface area contributed by atoms with Crippen LogP contribution in [0.1, 0.15) is 121 Å². The molecule has 554 valence electrons. The zero-order chi connectivity index (χ0) is 73.2. The molecular formula is C59H90N18O21S2. The average molecular weight is 1450 g/mol. The van der Waals surface area contributed by atoms with E-state index >= 15 is 4.79 Å². The number of nitrogen functional groups attached to an aromatic ring is 1. The van der Waals surface area contributed by atoms with E-state index < -0.39 is 183 Å². The molecule has 7 rings (SSSR count). The summed E-state index contributed by atoms with van der Waals surface area (Å²) in [4.78, 5) is 131. The van der Waals surface area contributed by atoms with Crippen molar-refractivity contribution in [3.63, 3.8) is 0 Å². The maximum Gasteiger partial charge on any atom is 0.404 e. The fourth-order valence-electron chi connectivity index (χ4n) is 11.1. The number of anilines is 1. The summed E-state index contributed by atoms with van der Waals surface area (Å²) in [6.07, 6.45) is -18.3. The first-order valence-corrected chi connectivity index (χ1v) is 34.0. The highest BCUT2D eigenvalue weighted by Gasteiger charge is 2.54. The number of nitrogens with zero attached hydrogens (tertiary/aromatic N) is 5. The lowest BCUT2D eigenvalue weighted by atomic mass is 9.95. The molecule has 1 saturated carbocycles. The molecule has 0 aromatic carbocycles. The number of hydrogen-bond donors (Lipinski definition) is 21. The van der Waals surface area contributed by atoms with Crippen molar-refractivity contribution in [1.82, 2.24) is 67.1 Å². The van der Waals surface area contributed by atoms with Gasteiger partial charge in [0.25, 0.3) is 11.8 Å². The number of amides is 8. The number of hydrogen-bond acceptors (Lipinski definition) is 32. The molecule has 19 atom stereocenters.